The molecule has 0 N–H and O–H groups in total. The monoisotopic (exact) mass is 183 g/mol. The van der Waals surface area contributed by atoms with Crippen LogP contribution in [0.2, 0.25) is 0 Å². The van der Waals surface area contributed by atoms with E-state index in [9.17, 15) is 14.9 Å². The fourth-order valence-corrected chi connectivity index (χ4v) is 0.827. The van der Waals surface area contributed by atoms with E-state index in [4.69, 9.17) is 0 Å². The van der Waals surface area contributed by atoms with Crippen LogP contribution in [-0.4, -0.2) is 17.8 Å². The van der Waals surface area contributed by atoms with E-state index in [0.717, 1.165) is 12.8 Å². The van der Waals surface area contributed by atoms with E-state index in [1.165, 1.54) is 12.2 Å². The van der Waals surface area contributed by atoms with Crippen LogP contribution >= 0.6 is 0 Å². The summed E-state index contributed by atoms with van der Waals surface area (Å²) in [6.45, 7) is 1.77. The Morgan fingerprint density at radius 1 is 1.54 bits per heavy atom. The molecule has 72 valence electrons. The maximum absolute atomic E-state index is 10.2. The molecule has 0 radical (unpaired) electrons. The molecule has 0 fully saturated rings. The van der Waals surface area contributed by atoms with Gasteiger partial charge in [0.05, 0.1) is 0 Å². The molecular weight excluding hydrogens is 170 g/mol. The first kappa shape index (κ1) is 11.6. The molecule has 4 nitrogen and oxygen atoms in total. The molecule has 0 aromatic heterocycles. The van der Waals surface area contributed by atoms with Gasteiger partial charge in [-0.05, 0) is 18.6 Å². The molecule has 0 heterocycles. The Hall–Kier alpha value is -1.45. The van der Waals surface area contributed by atoms with Gasteiger partial charge in [-0.1, -0.05) is 19.4 Å². The Morgan fingerprint density at radius 2 is 2.23 bits per heavy atom. The van der Waals surface area contributed by atoms with Gasteiger partial charge in [-0.15, -0.1) is 0 Å². The van der Waals surface area contributed by atoms with E-state index in [-0.39, 0.29) is 6.54 Å². The van der Waals surface area contributed by atoms with Crippen molar-refractivity contribution in [2.24, 2.45) is 0 Å². The number of aldehydes is 1. The number of carbonyl (C=O) groups is 1. The maximum atomic E-state index is 10.2. The number of carbonyl (C=O) groups excluding carboxylic acids is 1. The lowest BCUT2D eigenvalue weighted by molar-refractivity contribution is -0.470. The second kappa shape index (κ2) is 7.21. The van der Waals surface area contributed by atoms with Crippen LogP contribution in [0.15, 0.2) is 23.8 Å². The predicted octanol–water partition coefficient (Wildman–Crippen LogP) is 1.74. The van der Waals surface area contributed by atoms with Gasteiger partial charge in [-0.3, -0.25) is 14.9 Å². The van der Waals surface area contributed by atoms with Crippen LogP contribution in [0.25, 0.3) is 0 Å². The van der Waals surface area contributed by atoms with Crippen molar-refractivity contribution < 1.29 is 9.72 Å². The lowest BCUT2D eigenvalue weighted by Crippen LogP contribution is -2.02. The van der Waals surface area contributed by atoms with Crippen LogP contribution in [0.5, 0.6) is 0 Å². The van der Waals surface area contributed by atoms with E-state index in [0.29, 0.717) is 11.9 Å². The van der Waals surface area contributed by atoms with Crippen LogP contribution in [0.3, 0.4) is 0 Å². The Balaban J connectivity index is 4.25. The molecule has 0 aromatic carbocycles. The Bertz CT molecular complexity index is 231. The molecular formula is C9H13NO3. The zero-order chi connectivity index (χ0) is 10.1. The first-order chi connectivity index (χ1) is 6.20. The molecule has 0 aliphatic heterocycles. The van der Waals surface area contributed by atoms with E-state index in [1.807, 2.05) is 6.92 Å². The Morgan fingerprint density at radius 3 is 2.69 bits per heavy atom. The first-order valence-corrected chi connectivity index (χ1v) is 4.13. The number of hydrogen-bond donors (Lipinski definition) is 0. The van der Waals surface area contributed by atoms with Crippen molar-refractivity contribution in [3.63, 3.8) is 0 Å². The van der Waals surface area contributed by atoms with Crippen LogP contribution < -0.4 is 0 Å². The summed E-state index contributed by atoms with van der Waals surface area (Å²) in [4.78, 5) is 19.8. The zero-order valence-corrected chi connectivity index (χ0v) is 7.60. The van der Waals surface area contributed by atoms with E-state index < -0.39 is 4.92 Å². The highest BCUT2D eigenvalue weighted by Gasteiger charge is 2.00. The molecule has 0 atom stereocenters. The van der Waals surface area contributed by atoms with Crippen LogP contribution in [-0.2, 0) is 4.79 Å². The Kier molecular flexibility index (Phi) is 6.41. The highest BCUT2D eigenvalue weighted by Crippen LogP contribution is 2.01. The van der Waals surface area contributed by atoms with Gasteiger partial charge < -0.3 is 0 Å². The van der Waals surface area contributed by atoms with Gasteiger partial charge in [0.15, 0.2) is 0 Å². The standard InChI is InChI=1S/C9H13NO3/c1-2-3-5-9(6-4-7-11)8-10(12)13/h4-7H,2-3,8H2,1H3/b6-4+,9-5-. The summed E-state index contributed by atoms with van der Waals surface area (Å²) in [6, 6.07) is 0. The van der Waals surface area contributed by atoms with Crippen LogP contribution in [0.1, 0.15) is 19.8 Å². The summed E-state index contributed by atoms with van der Waals surface area (Å²) in [5.74, 6) is 0. The van der Waals surface area contributed by atoms with E-state index >= 15 is 0 Å². The van der Waals surface area contributed by atoms with Gasteiger partial charge in [-0.2, -0.15) is 0 Å². The summed E-state index contributed by atoms with van der Waals surface area (Å²) in [6.07, 6.45) is 6.88. The van der Waals surface area contributed by atoms with Gasteiger partial charge in [0.25, 0.3) is 0 Å². The minimum Gasteiger partial charge on any atom is -0.299 e. The molecule has 0 amide bonds. The molecule has 0 bridgehead atoms. The fraction of sp³-hybridized carbons (Fsp3) is 0.444. The molecule has 0 aromatic rings. The van der Waals surface area contributed by atoms with Crippen molar-refractivity contribution in [1.82, 2.24) is 0 Å². The number of unbranched alkanes of at least 4 members (excludes halogenated alkanes) is 1. The second-order valence-corrected chi connectivity index (χ2v) is 2.55. The highest BCUT2D eigenvalue weighted by molar-refractivity contribution is 5.65. The van der Waals surface area contributed by atoms with Crippen LogP contribution in [0.4, 0.5) is 0 Å². The number of nitrogens with zero attached hydrogens (tertiary/aromatic N) is 1. The number of allylic oxidation sites excluding steroid dienone is 2. The smallest absolute Gasteiger partial charge is 0.228 e. The maximum Gasteiger partial charge on any atom is 0.228 e. The average Bonchev–Trinajstić information content (AvgIpc) is 2.09. The predicted molar refractivity (Wildman–Crippen MR) is 50.1 cm³/mol. The van der Waals surface area contributed by atoms with Crippen molar-refractivity contribution >= 4 is 6.29 Å². The zero-order valence-electron chi connectivity index (χ0n) is 7.60. The van der Waals surface area contributed by atoms with Crippen molar-refractivity contribution in [3.8, 4) is 0 Å². The summed E-state index contributed by atoms with van der Waals surface area (Å²) >= 11 is 0. The largest absolute Gasteiger partial charge is 0.299 e. The van der Waals surface area contributed by atoms with Crippen molar-refractivity contribution in [2.75, 3.05) is 6.54 Å². The second-order valence-electron chi connectivity index (χ2n) is 2.55. The molecule has 0 unspecified atom stereocenters. The number of hydrogen-bond acceptors (Lipinski definition) is 3. The van der Waals surface area contributed by atoms with Gasteiger partial charge in [0.1, 0.15) is 6.29 Å². The molecule has 0 saturated carbocycles. The quantitative estimate of drug-likeness (QED) is 0.207. The topological polar surface area (TPSA) is 60.2 Å². The molecule has 0 saturated heterocycles. The SMILES string of the molecule is CCC/C=C(/C=C/C=O)C[N+](=O)[O-]. The summed E-state index contributed by atoms with van der Waals surface area (Å²) in [7, 11) is 0. The van der Waals surface area contributed by atoms with Crippen LogP contribution in [0, 0.1) is 10.1 Å². The van der Waals surface area contributed by atoms with Crippen molar-refractivity contribution in [2.45, 2.75) is 19.8 Å². The molecule has 0 rings (SSSR count). The lowest BCUT2D eigenvalue weighted by Gasteiger charge is -1.94. The molecule has 0 aliphatic carbocycles. The minimum atomic E-state index is -0.406. The fourth-order valence-electron chi connectivity index (χ4n) is 0.827. The average molecular weight is 183 g/mol. The van der Waals surface area contributed by atoms with Gasteiger partial charge in [0.2, 0.25) is 6.54 Å². The van der Waals surface area contributed by atoms with Gasteiger partial charge >= 0.3 is 0 Å². The molecule has 0 spiro atoms. The minimum absolute atomic E-state index is 0.218. The van der Waals surface area contributed by atoms with E-state index in [1.54, 1.807) is 6.08 Å². The third kappa shape index (κ3) is 6.93. The van der Waals surface area contributed by atoms with Gasteiger partial charge in [0, 0.05) is 10.5 Å². The van der Waals surface area contributed by atoms with Gasteiger partial charge in [-0.25, -0.2) is 0 Å². The Labute approximate surface area is 77.1 Å². The summed E-state index contributed by atoms with van der Waals surface area (Å²) in [5, 5.41) is 10.2. The van der Waals surface area contributed by atoms with E-state index in [2.05, 4.69) is 0 Å². The molecule has 0 aliphatic rings. The third-order valence-corrected chi connectivity index (χ3v) is 1.40. The van der Waals surface area contributed by atoms with Crippen molar-refractivity contribution in [1.29, 1.82) is 0 Å². The normalized spacial score (nSPS) is 11.9. The number of nitro groups is 1. The third-order valence-electron chi connectivity index (χ3n) is 1.40. The molecule has 13 heavy (non-hydrogen) atoms. The molecule has 4 heteroatoms. The first-order valence-electron chi connectivity index (χ1n) is 4.13. The summed E-state index contributed by atoms with van der Waals surface area (Å²) < 4.78 is 0. The summed E-state index contributed by atoms with van der Waals surface area (Å²) in [5.41, 5.74) is 0.582. The van der Waals surface area contributed by atoms with Crippen molar-refractivity contribution in [3.05, 3.63) is 33.9 Å². The number of rotatable bonds is 6. The lowest BCUT2D eigenvalue weighted by atomic mass is 10.2. The highest BCUT2D eigenvalue weighted by atomic mass is 16.6.